The predicted molar refractivity (Wildman–Crippen MR) is 140 cm³/mol. The molecule has 0 radical (unpaired) electrons. The molecule has 9 heteroatoms. The summed E-state index contributed by atoms with van der Waals surface area (Å²) in [5.41, 5.74) is 3.83. The van der Waals surface area contributed by atoms with Gasteiger partial charge < -0.3 is 9.47 Å². The molecule has 0 spiro atoms. The summed E-state index contributed by atoms with van der Waals surface area (Å²) in [4.78, 5) is 17.4. The van der Waals surface area contributed by atoms with E-state index in [1.807, 2.05) is 85.1 Å². The number of fused-ring (bicyclic) bond motifs is 1. The van der Waals surface area contributed by atoms with Gasteiger partial charge in [0.1, 0.15) is 17.1 Å². The number of aryl methyl sites for hydroxylation is 1. The molecule has 3 aromatic heterocycles. The van der Waals surface area contributed by atoms with Crippen molar-refractivity contribution in [2.24, 2.45) is 0 Å². The van der Waals surface area contributed by atoms with Gasteiger partial charge in [-0.05, 0) is 62.4 Å². The highest BCUT2D eigenvalue weighted by atomic mass is 32.2. The number of rotatable bonds is 8. The smallest absolute Gasteiger partial charge is 0.258 e. The fourth-order valence-electron chi connectivity index (χ4n) is 3.98. The fraction of sp³-hybridized carbons (Fsp3) is 0.185. The maximum Gasteiger partial charge on any atom is 0.258 e. The Hall–Kier alpha value is -4.11. The SMILES string of the molecule is CCOc1ccc(-n2c(SCc3cc(=O)n4c(C)cccc4n3)nnc2-c2cccc(OC)c2)cc1. The topological polar surface area (TPSA) is 83.5 Å². The van der Waals surface area contributed by atoms with Crippen LogP contribution in [0.3, 0.4) is 0 Å². The molecule has 0 fully saturated rings. The Kier molecular flexibility index (Phi) is 6.73. The van der Waals surface area contributed by atoms with Crippen LogP contribution in [0.4, 0.5) is 0 Å². The molecular weight excluding hydrogens is 474 g/mol. The average Bonchev–Trinajstić information content (AvgIpc) is 3.32. The zero-order chi connectivity index (χ0) is 25.1. The third-order valence-corrected chi connectivity index (χ3v) is 6.61. The molecule has 2 aromatic carbocycles. The maximum absolute atomic E-state index is 12.7. The minimum Gasteiger partial charge on any atom is -0.497 e. The summed E-state index contributed by atoms with van der Waals surface area (Å²) in [6, 6.07) is 22.7. The normalized spacial score (nSPS) is 11.1. The number of hydrogen-bond donors (Lipinski definition) is 0. The summed E-state index contributed by atoms with van der Waals surface area (Å²) in [6.45, 7) is 4.45. The standard InChI is InChI=1S/C27H25N5O3S/c1-4-35-22-13-11-21(12-14-22)32-26(19-8-6-9-23(15-19)34-3)29-30-27(32)36-17-20-16-25(33)31-18(2)7-5-10-24(31)28-20/h5-16H,4,17H2,1-3H3. The molecule has 0 bridgehead atoms. The molecule has 5 rings (SSSR count). The van der Waals surface area contributed by atoms with Gasteiger partial charge in [0.05, 0.1) is 19.4 Å². The van der Waals surface area contributed by atoms with Crippen LogP contribution < -0.4 is 15.0 Å². The van der Waals surface area contributed by atoms with Crippen LogP contribution in [0.1, 0.15) is 18.3 Å². The Bertz CT molecular complexity index is 1580. The van der Waals surface area contributed by atoms with Crippen molar-refractivity contribution in [3.8, 4) is 28.6 Å². The van der Waals surface area contributed by atoms with E-state index in [1.165, 1.54) is 11.8 Å². The molecular formula is C27H25N5O3S. The maximum atomic E-state index is 12.7. The first-order chi connectivity index (χ1) is 17.6. The van der Waals surface area contributed by atoms with Crippen LogP contribution in [0.15, 0.2) is 82.7 Å². The predicted octanol–water partition coefficient (Wildman–Crippen LogP) is 4.95. The molecule has 0 aliphatic heterocycles. The summed E-state index contributed by atoms with van der Waals surface area (Å²) in [5, 5.41) is 9.68. The first-order valence-electron chi connectivity index (χ1n) is 11.5. The number of aromatic nitrogens is 5. The van der Waals surface area contributed by atoms with Crippen molar-refractivity contribution in [2.75, 3.05) is 13.7 Å². The minimum atomic E-state index is -0.0984. The van der Waals surface area contributed by atoms with Gasteiger partial charge in [-0.3, -0.25) is 13.8 Å². The zero-order valence-corrected chi connectivity index (χ0v) is 21.0. The van der Waals surface area contributed by atoms with Gasteiger partial charge in [0.2, 0.25) is 0 Å². The Morgan fingerprint density at radius 1 is 0.944 bits per heavy atom. The van der Waals surface area contributed by atoms with Crippen LogP contribution in [-0.2, 0) is 5.75 Å². The van der Waals surface area contributed by atoms with Crippen molar-refractivity contribution >= 4 is 17.4 Å². The molecule has 0 atom stereocenters. The lowest BCUT2D eigenvalue weighted by Crippen LogP contribution is -2.17. The third-order valence-electron chi connectivity index (χ3n) is 5.65. The molecule has 0 aliphatic rings. The quantitative estimate of drug-likeness (QED) is 0.279. The van der Waals surface area contributed by atoms with E-state index in [0.717, 1.165) is 28.4 Å². The van der Waals surface area contributed by atoms with E-state index in [0.29, 0.717) is 34.7 Å². The molecule has 8 nitrogen and oxygen atoms in total. The molecule has 0 saturated heterocycles. The summed E-state index contributed by atoms with van der Waals surface area (Å²) in [6.07, 6.45) is 0. The van der Waals surface area contributed by atoms with Crippen LogP contribution in [0.25, 0.3) is 22.7 Å². The third kappa shape index (κ3) is 4.70. The number of ether oxygens (including phenoxy) is 2. The second kappa shape index (κ2) is 10.2. The second-order valence-corrected chi connectivity index (χ2v) is 8.98. The van der Waals surface area contributed by atoms with Crippen LogP contribution in [0.2, 0.25) is 0 Å². The van der Waals surface area contributed by atoms with Crippen molar-refractivity contribution < 1.29 is 9.47 Å². The lowest BCUT2D eigenvalue weighted by atomic mass is 10.2. The Balaban J connectivity index is 1.53. The molecule has 5 aromatic rings. The van der Waals surface area contributed by atoms with E-state index in [-0.39, 0.29) is 5.56 Å². The number of thioether (sulfide) groups is 1. The molecule has 0 aliphatic carbocycles. The van der Waals surface area contributed by atoms with Crippen LogP contribution in [0, 0.1) is 6.92 Å². The molecule has 182 valence electrons. The van der Waals surface area contributed by atoms with Gasteiger partial charge in [-0.2, -0.15) is 0 Å². The van der Waals surface area contributed by atoms with Crippen molar-refractivity contribution in [1.82, 2.24) is 24.1 Å². The number of methoxy groups -OCH3 is 1. The van der Waals surface area contributed by atoms with Crippen LogP contribution >= 0.6 is 11.8 Å². The first-order valence-corrected chi connectivity index (χ1v) is 12.5. The highest BCUT2D eigenvalue weighted by Crippen LogP contribution is 2.31. The second-order valence-electron chi connectivity index (χ2n) is 8.04. The number of pyridine rings is 1. The summed E-state index contributed by atoms with van der Waals surface area (Å²) >= 11 is 1.47. The van der Waals surface area contributed by atoms with Gasteiger partial charge in [-0.25, -0.2) is 4.98 Å². The van der Waals surface area contributed by atoms with Crippen LogP contribution in [0.5, 0.6) is 11.5 Å². The van der Waals surface area contributed by atoms with Crippen molar-refractivity contribution in [3.63, 3.8) is 0 Å². The monoisotopic (exact) mass is 499 g/mol. The van der Waals surface area contributed by atoms with E-state index in [9.17, 15) is 4.79 Å². The highest BCUT2D eigenvalue weighted by Gasteiger charge is 2.18. The van der Waals surface area contributed by atoms with Gasteiger partial charge in [-0.1, -0.05) is 30.0 Å². The molecule has 0 N–H and O–H groups in total. The van der Waals surface area contributed by atoms with E-state index < -0.39 is 0 Å². The Morgan fingerprint density at radius 3 is 2.53 bits per heavy atom. The van der Waals surface area contributed by atoms with Gasteiger partial charge in [0, 0.05) is 28.8 Å². The van der Waals surface area contributed by atoms with Crippen molar-refractivity contribution in [3.05, 3.63) is 94.5 Å². The van der Waals surface area contributed by atoms with Crippen molar-refractivity contribution in [1.29, 1.82) is 0 Å². The molecule has 36 heavy (non-hydrogen) atoms. The Morgan fingerprint density at radius 2 is 1.75 bits per heavy atom. The average molecular weight is 500 g/mol. The molecule has 0 amide bonds. The number of nitrogens with zero attached hydrogens (tertiary/aromatic N) is 5. The number of hydrogen-bond acceptors (Lipinski definition) is 7. The minimum absolute atomic E-state index is 0.0984. The molecule has 0 unspecified atom stereocenters. The van der Waals surface area contributed by atoms with Gasteiger partial charge in [0.25, 0.3) is 5.56 Å². The summed E-state index contributed by atoms with van der Waals surface area (Å²) in [7, 11) is 1.64. The van der Waals surface area contributed by atoms with E-state index in [1.54, 1.807) is 17.6 Å². The fourth-order valence-corrected chi connectivity index (χ4v) is 4.82. The lowest BCUT2D eigenvalue weighted by Gasteiger charge is -2.12. The zero-order valence-electron chi connectivity index (χ0n) is 20.2. The van der Waals surface area contributed by atoms with E-state index in [2.05, 4.69) is 15.2 Å². The van der Waals surface area contributed by atoms with Gasteiger partial charge in [-0.15, -0.1) is 10.2 Å². The number of benzene rings is 2. The first kappa shape index (κ1) is 23.6. The summed E-state index contributed by atoms with van der Waals surface area (Å²) in [5.74, 6) is 2.68. The lowest BCUT2D eigenvalue weighted by molar-refractivity contribution is 0.340. The molecule has 3 heterocycles. The van der Waals surface area contributed by atoms with E-state index in [4.69, 9.17) is 9.47 Å². The summed E-state index contributed by atoms with van der Waals surface area (Å²) < 4.78 is 14.6. The largest absolute Gasteiger partial charge is 0.497 e. The molecule has 0 saturated carbocycles. The van der Waals surface area contributed by atoms with Gasteiger partial charge >= 0.3 is 0 Å². The van der Waals surface area contributed by atoms with Crippen molar-refractivity contribution in [2.45, 2.75) is 24.8 Å². The van der Waals surface area contributed by atoms with Gasteiger partial charge in [0.15, 0.2) is 11.0 Å². The highest BCUT2D eigenvalue weighted by molar-refractivity contribution is 7.98. The van der Waals surface area contributed by atoms with Crippen LogP contribution in [-0.4, -0.2) is 37.9 Å². The Labute approximate surface area is 212 Å². The van der Waals surface area contributed by atoms with E-state index >= 15 is 0 Å².